The maximum Gasteiger partial charge on any atom is 0.318 e. The lowest BCUT2D eigenvalue weighted by atomic mass is 9.84. The van der Waals surface area contributed by atoms with Crippen LogP contribution in [-0.2, 0) is 23.9 Å². The second-order valence-corrected chi connectivity index (χ2v) is 10.4. The van der Waals surface area contributed by atoms with Gasteiger partial charge in [0.2, 0.25) is 11.7 Å². The molecule has 1 aliphatic heterocycles. The zero-order valence-corrected chi connectivity index (χ0v) is 23.0. The summed E-state index contributed by atoms with van der Waals surface area (Å²) in [6, 6.07) is -2.38. The Balaban J connectivity index is 2.11. The molecule has 0 aromatic rings. The molecule has 4 amide bonds. The molecule has 2 rings (SSSR count). The third-order valence-corrected chi connectivity index (χ3v) is 7.09. The standard InChI is InChI=1S/C27H48N4O6/c1-4-6-15-37-19-23(24(32)26(34)28-20(3)10-5-2)29-25(33)22(18-21-11-8-7-9-12-21)30-27(35)31-13-16-36-17-14-31/h20-23H,4-19H2,1-3H3,(H,28,34)(H,29,33)(H,30,35)/t20?,22-,23?/m0/s1. The Morgan fingerprint density at radius 1 is 0.946 bits per heavy atom. The minimum absolute atomic E-state index is 0.0896. The smallest absolute Gasteiger partial charge is 0.318 e. The number of hydrogen-bond acceptors (Lipinski definition) is 6. The monoisotopic (exact) mass is 524 g/mol. The number of ketones is 1. The van der Waals surface area contributed by atoms with Gasteiger partial charge in [0, 0.05) is 25.7 Å². The summed E-state index contributed by atoms with van der Waals surface area (Å²) in [6.45, 7) is 8.08. The molecule has 2 fully saturated rings. The molecule has 212 valence electrons. The zero-order chi connectivity index (χ0) is 27.0. The number of hydrogen-bond donors (Lipinski definition) is 3. The molecule has 1 saturated carbocycles. The van der Waals surface area contributed by atoms with Gasteiger partial charge in [-0.2, -0.15) is 0 Å². The van der Waals surface area contributed by atoms with E-state index >= 15 is 0 Å². The first kappa shape index (κ1) is 31.0. The number of amides is 4. The van der Waals surface area contributed by atoms with E-state index in [4.69, 9.17) is 9.47 Å². The van der Waals surface area contributed by atoms with E-state index in [0.717, 1.165) is 51.4 Å². The van der Waals surface area contributed by atoms with Crippen LogP contribution in [0.1, 0.15) is 85.0 Å². The molecule has 1 saturated heterocycles. The van der Waals surface area contributed by atoms with Gasteiger partial charge in [-0.1, -0.05) is 58.8 Å². The minimum Gasteiger partial charge on any atom is -0.379 e. The fourth-order valence-corrected chi connectivity index (χ4v) is 4.86. The molecule has 1 aliphatic carbocycles. The van der Waals surface area contributed by atoms with Gasteiger partial charge in [0.1, 0.15) is 12.1 Å². The molecule has 2 unspecified atom stereocenters. The van der Waals surface area contributed by atoms with Gasteiger partial charge < -0.3 is 30.3 Å². The van der Waals surface area contributed by atoms with E-state index in [1.807, 2.05) is 20.8 Å². The maximum atomic E-state index is 13.5. The average molecular weight is 525 g/mol. The van der Waals surface area contributed by atoms with E-state index < -0.39 is 29.7 Å². The molecule has 0 aromatic heterocycles. The molecule has 0 aromatic carbocycles. The lowest BCUT2D eigenvalue weighted by Crippen LogP contribution is -2.58. The number of urea groups is 1. The van der Waals surface area contributed by atoms with Crippen molar-refractivity contribution in [3.8, 4) is 0 Å². The van der Waals surface area contributed by atoms with Gasteiger partial charge in [-0.15, -0.1) is 0 Å². The molecule has 0 bridgehead atoms. The summed E-state index contributed by atoms with van der Waals surface area (Å²) in [7, 11) is 0. The maximum absolute atomic E-state index is 13.5. The summed E-state index contributed by atoms with van der Waals surface area (Å²) in [6.07, 6.45) is 9.30. The van der Waals surface area contributed by atoms with Gasteiger partial charge in [-0.05, 0) is 32.1 Å². The van der Waals surface area contributed by atoms with Crippen molar-refractivity contribution in [2.45, 2.75) is 103 Å². The summed E-state index contributed by atoms with van der Waals surface area (Å²) in [5.41, 5.74) is 0. The van der Waals surface area contributed by atoms with Crippen LogP contribution in [0.25, 0.3) is 0 Å². The Morgan fingerprint density at radius 2 is 1.65 bits per heavy atom. The van der Waals surface area contributed by atoms with Crippen molar-refractivity contribution >= 4 is 23.6 Å². The quantitative estimate of drug-likeness (QED) is 0.223. The van der Waals surface area contributed by atoms with Crippen LogP contribution < -0.4 is 16.0 Å². The van der Waals surface area contributed by atoms with Crippen molar-refractivity contribution < 1.29 is 28.7 Å². The number of ether oxygens (including phenoxy) is 2. The summed E-state index contributed by atoms with van der Waals surface area (Å²) in [4.78, 5) is 53.8. The first-order chi connectivity index (χ1) is 17.8. The molecular weight excluding hydrogens is 476 g/mol. The Morgan fingerprint density at radius 3 is 2.30 bits per heavy atom. The Bertz CT molecular complexity index is 722. The normalized spacial score (nSPS) is 18.9. The number of nitrogens with one attached hydrogen (secondary N) is 3. The van der Waals surface area contributed by atoms with Crippen LogP contribution in [0.5, 0.6) is 0 Å². The van der Waals surface area contributed by atoms with E-state index in [-0.39, 0.29) is 18.7 Å². The molecule has 2 aliphatic rings. The zero-order valence-electron chi connectivity index (χ0n) is 23.0. The van der Waals surface area contributed by atoms with Crippen LogP contribution in [-0.4, -0.2) is 86.2 Å². The van der Waals surface area contributed by atoms with Gasteiger partial charge in [0.15, 0.2) is 0 Å². The number of rotatable bonds is 15. The summed E-state index contributed by atoms with van der Waals surface area (Å²) < 4.78 is 11.0. The first-order valence-electron chi connectivity index (χ1n) is 14.2. The predicted molar refractivity (Wildman–Crippen MR) is 141 cm³/mol. The van der Waals surface area contributed by atoms with E-state index in [9.17, 15) is 19.2 Å². The summed E-state index contributed by atoms with van der Waals surface area (Å²) in [5.74, 6) is -1.60. The fraction of sp³-hybridized carbons (Fsp3) is 0.852. The number of carbonyl (C=O) groups is 4. The molecule has 0 radical (unpaired) electrons. The van der Waals surface area contributed by atoms with Crippen molar-refractivity contribution in [1.29, 1.82) is 0 Å². The summed E-state index contributed by atoms with van der Waals surface area (Å²) >= 11 is 0. The highest BCUT2D eigenvalue weighted by Crippen LogP contribution is 2.27. The lowest BCUT2D eigenvalue weighted by molar-refractivity contribution is -0.141. The van der Waals surface area contributed by atoms with E-state index in [0.29, 0.717) is 45.2 Å². The fourth-order valence-electron chi connectivity index (χ4n) is 4.86. The molecular formula is C27H48N4O6. The van der Waals surface area contributed by atoms with Crippen LogP contribution in [0.2, 0.25) is 0 Å². The average Bonchev–Trinajstić information content (AvgIpc) is 2.90. The molecule has 3 atom stereocenters. The van der Waals surface area contributed by atoms with Gasteiger partial charge in [-0.3, -0.25) is 14.4 Å². The number of carbonyl (C=O) groups excluding carboxylic acids is 4. The van der Waals surface area contributed by atoms with Crippen molar-refractivity contribution in [2.75, 3.05) is 39.5 Å². The SMILES string of the molecule is CCCCOCC(NC(=O)[C@H](CC1CCCCC1)NC(=O)N1CCOCC1)C(=O)C(=O)NC(C)CCC. The van der Waals surface area contributed by atoms with Crippen molar-refractivity contribution in [2.24, 2.45) is 5.92 Å². The molecule has 3 N–H and O–H groups in total. The third kappa shape index (κ3) is 11.4. The van der Waals surface area contributed by atoms with Gasteiger partial charge >= 0.3 is 6.03 Å². The lowest BCUT2D eigenvalue weighted by Gasteiger charge is -2.31. The number of nitrogens with zero attached hydrogens (tertiary/aromatic N) is 1. The molecule has 10 heteroatoms. The number of morpholine rings is 1. The predicted octanol–water partition coefficient (Wildman–Crippen LogP) is 2.54. The Kier molecular flexibility index (Phi) is 14.5. The van der Waals surface area contributed by atoms with Crippen LogP contribution in [0, 0.1) is 5.92 Å². The largest absolute Gasteiger partial charge is 0.379 e. The van der Waals surface area contributed by atoms with Crippen LogP contribution in [0.4, 0.5) is 4.79 Å². The molecule has 10 nitrogen and oxygen atoms in total. The van der Waals surface area contributed by atoms with Gasteiger partial charge in [0.25, 0.3) is 5.91 Å². The van der Waals surface area contributed by atoms with Gasteiger partial charge in [-0.25, -0.2) is 4.79 Å². The van der Waals surface area contributed by atoms with E-state index in [1.54, 1.807) is 4.90 Å². The molecule has 0 spiro atoms. The summed E-state index contributed by atoms with van der Waals surface area (Å²) in [5, 5.41) is 8.37. The highest BCUT2D eigenvalue weighted by atomic mass is 16.5. The van der Waals surface area contributed by atoms with Crippen molar-refractivity contribution in [3.05, 3.63) is 0 Å². The second-order valence-electron chi connectivity index (χ2n) is 10.4. The van der Waals surface area contributed by atoms with Gasteiger partial charge in [0.05, 0.1) is 19.8 Å². The van der Waals surface area contributed by atoms with E-state index in [1.165, 1.54) is 6.42 Å². The first-order valence-corrected chi connectivity index (χ1v) is 14.2. The number of Topliss-reactive ketones (excluding diaryl/α,β-unsaturated/α-hetero) is 1. The molecule has 1 heterocycles. The molecule has 37 heavy (non-hydrogen) atoms. The minimum atomic E-state index is -1.12. The number of unbranched alkanes of at least 4 members (excludes halogenated alkanes) is 1. The topological polar surface area (TPSA) is 126 Å². The highest BCUT2D eigenvalue weighted by Gasteiger charge is 2.33. The van der Waals surface area contributed by atoms with Crippen LogP contribution >= 0.6 is 0 Å². The van der Waals surface area contributed by atoms with Crippen molar-refractivity contribution in [1.82, 2.24) is 20.9 Å². The van der Waals surface area contributed by atoms with E-state index in [2.05, 4.69) is 16.0 Å². The highest BCUT2D eigenvalue weighted by molar-refractivity contribution is 6.38. The van der Waals surface area contributed by atoms with Crippen LogP contribution in [0.3, 0.4) is 0 Å². The van der Waals surface area contributed by atoms with Crippen molar-refractivity contribution in [3.63, 3.8) is 0 Å². The van der Waals surface area contributed by atoms with Crippen LogP contribution in [0.15, 0.2) is 0 Å². The third-order valence-electron chi connectivity index (χ3n) is 7.09. The Hall–Kier alpha value is -2.20. The second kappa shape index (κ2) is 17.3. The Labute approximate surface area is 221 Å².